The molecule has 0 spiro atoms. The van der Waals surface area contributed by atoms with E-state index in [0.717, 1.165) is 29.8 Å². The number of carbonyl (C=O) groups is 1. The second-order valence-electron chi connectivity index (χ2n) is 13.8. The van der Waals surface area contributed by atoms with Gasteiger partial charge in [-0.3, -0.25) is 0 Å². The minimum absolute atomic E-state index is 0.222. The fourth-order valence-electron chi connectivity index (χ4n) is 6.41. The highest BCUT2D eigenvalue weighted by Gasteiger charge is 2.38. The Morgan fingerprint density at radius 2 is 1.88 bits per heavy atom. The van der Waals surface area contributed by atoms with E-state index in [-0.39, 0.29) is 24.1 Å². The average molecular weight is 657 g/mol. The van der Waals surface area contributed by atoms with Crippen LogP contribution in [0.5, 0.6) is 5.75 Å². The third kappa shape index (κ3) is 7.10. The van der Waals surface area contributed by atoms with Gasteiger partial charge in [0, 0.05) is 36.0 Å². The Morgan fingerprint density at radius 1 is 1.12 bits per heavy atom. The number of esters is 1. The van der Waals surface area contributed by atoms with Gasteiger partial charge in [0.1, 0.15) is 23.5 Å². The average Bonchev–Trinajstić information content (AvgIpc) is 3.46. The largest absolute Gasteiger partial charge is 0.486 e. The van der Waals surface area contributed by atoms with Crippen LogP contribution in [0.3, 0.4) is 0 Å². The highest BCUT2D eigenvalue weighted by atomic mass is 19.1. The Balaban J connectivity index is 1.57. The van der Waals surface area contributed by atoms with Crippen molar-refractivity contribution < 1.29 is 28.1 Å². The zero-order chi connectivity index (χ0) is 34.2. The minimum atomic E-state index is -1.02. The van der Waals surface area contributed by atoms with Crippen molar-refractivity contribution in [1.29, 1.82) is 0 Å². The molecule has 10 heteroatoms. The van der Waals surface area contributed by atoms with Crippen molar-refractivity contribution in [2.24, 2.45) is 0 Å². The van der Waals surface area contributed by atoms with Crippen molar-refractivity contribution in [1.82, 2.24) is 14.6 Å². The van der Waals surface area contributed by atoms with E-state index in [1.54, 1.807) is 13.0 Å². The molecule has 1 fully saturated rings. The number of ether oxygens (including phenoxy) is 4. The van der Waals surface area contributed by atoms with Crippen molar-refractivity contribution in [3.05, 3.63) is 77.8 Å². The predicted octanol–water partition coefficient (Wildman–Crippen LogP) is 7.64. The van der Waals surface area contributed by atoms with Crippen LogP contribution < -0.4 is 9.64 Å². The van der Waals surface area contributed by atoms with Gasteiger partial charge in [-0.25, -0.2) is 14.2 Å². The molecule has 5 heterocycles. The summed E-state index contributed by atoms with van der Waals surface area (Å²) in [5.41, 5.74) is 3.88. The molecular weight excluding hydrogens is 611 g/mol. The minimum Gasteiger partial charge on any atom is -0.486 e. The van der Waals surface area contributed by atoms with Crippen molar-refractivity contribution in [3.63, 3.8) is 0 Å². The first-order valence-corrected chi connectivity index (χ1v) is 16.7. The van der Waals surface area contributed by atoms with Crippen molar-refractivity contribution >= 4 is 17.4 Å². The molecule has 0 unspecified atom stereocenters. The third-order valence-electron chi connectivity index (χ3n) is 8.82. The lowest BCUT2D eigenvalue weighted by Crippen LogP contribution is -2.45. The molecule has 48 heavy (non-hydrogen) atoms. The SMILES string of the molecule is CCOC(=O)[C@@H](OC(C)(C)C)c1c(C)nc2cc3nn2c1N1CCC(C)(CC1)OC/C=C\[C@H](C)Oc1ccc(F)cc1-c1cccc-3c1. The molecule has 2 aromatic heterocycles. The number of rotatable bonds is 4. The van der Waals surface area contributed by atoms with E-state index < -0.39 is 17.7 Å². The number of aryl methyl sites for hydroxylation is 1. The molecule has 0 N–H and O–H groups in total. The van der Waals surface area contributed by atoms with E-state index >= 15 is 0 Å². The van der Waals surface area contributed by atoms with Gasteiger partial charge in [0.2, 0.25) is 0 Å². The van der Waals surface area contributed by atoms with Crippen LogP contribution in [0.15, 0.2) is 60.7 Å². The molecule has 0 amide bonds. The molecule has 4 aromatic rings. The summed E-state index contributed by atoms with van der Waals surface area (Å²) in [5, 5.41) is 5.11. The number of piperidine rings is 1. The van der Waals surface area contributed by atoms with Gasteiger partial charge >= 0.3 is 5.97 Å². The van der Waals surface area contributed by atoms with Gasteiger partial charge in [-0.15, -0.1) is 0 Å². The quantitative estimate of drug-likeness (QED) is 0.164. The van der Waals surface area contributed by atoms with Crippen LogP contribution in [0, 0.1) is 12.7 Å². The van der Waals surface area contributed by atoms with Gasteiger partial charge < -0.3 is 23.8 Å². The smallest absolute Gasteiger partial charge is 0.340 e. The summed E-state index contributed by atoms with van der Waals surface area (Å²) < 4.78 is 41.2. The van der Waals surface area contributed by atoms with Gasteiger partial charge in [-0.1, -0.05) is 24.3 Å². The van der Waals surface area contributed by atoms with Crippen LogP contribution in [-0.2, 0) is 19.0 Å². The Kier molecular flexibility index (Phi) is 9.33. The molecule has 0 radical (unpaired) electrons. The maximum absolute atomic E-state index is 14.6. The molecule has 9 nitrogen and oxygen atoms in total. The molecule has 0 aliphatic carbocycles. The van der Waals surface area contributed by atoms with Gasteiger partial charge in [0.15, 0.2) is 11.8 Å². The molecule has 254 valence electrons. The topological polar surface area (TPSA) is 87.4 Å². The van der Waals surface area contributed by atoms with Crippen molar-refractivity contribution in [2.45, 2.75) is 84.7 Å². The summed E-state index contributed by atoms with van der Waals surface area (Å²) in [7, 11) is 0. The maximum Gasteiger partial charge on any atom is 0.340 e. The van der Waals surface area contributed by atoms with Crippen LogP contribution in [0.1, 0.15) is 71.7 Å². The van der Waals surface area contributed by atoms with E-state index in [2.05, 4.69) is 11.8 Å². The number of aromatic nitrogens is 3. The summed E-state index contributed by atoms with van der Waals surface area (Å²) in [6, 6.07) is 14.3. The van der Waals surface area contributed by atoms with Crippen LogP contribution in [-0.4, -0.2) is 64.2 Å². The second kappa shape index (κ2) is 13.3. The van der Waals surface area contributed by atoms with Crippen LogP contribution in [0.4, 0.5) is 10.2 Å². The Labute approximate surface area is 281 Å². The van der Waals surface area contributed by atoms with Crippen molar-refractivity contribution in [2.75, 3.05) is 31.2 Å². The first-order chi connectivity index (χ1) is 22.8. The summed E-state index contributed by atoms with van der Waals surface area (Å²) in [6.07, 6.45) is 4.19. The van der Waals surface area contributed by atoms with Crippen molar-refractivity contribution in [3.8, 4) is 28.1 Å². The van der Waals surface area contributed by atoms with E-state index in [1.807, 2.05) is 81.6 Å². The number of hydrogen-bond donors (Lipinski definition) is 0. The predicted molar refractivity (Wildman–Crippen MR) is 184 cm³/mol. The zero-order valence-electron chi connectivity index (χ0n) is 28.9. The van der Waals surface area contributed by atoms with Gasteiger partial charge in [-0.2, -0.15) is 9.61 Å². The Bertz CT molecular complexity index is 1840. The fraction of sp³-hybridized carbons (Fsp3) is 0.447. The van der Waals surface area contributed by atoms with E-state index in [0.29, 0.717) is 53.6 Å². The van der Waals surface area contributed by atoms with Gasteiger partial charge in [-0.05, 0) is 97.2 Å². The summed E-state index contributed by atoms with van der Waals surface area (Å²) in [5.74, 6) is 0.499. The van der Waals surface area contributed by atoms with E-state index in [9.17, 15) is 9.18 Å². The molecule has 6 bridgehead atoms. The van der Waals surface area contributed by atoms with Gasteiger partial charge in [0.05, 0.1) is 35.7 Å². The number of benzene rings is 2. The lowest BCUT2D eigenvalue weighted by molar-refractivity contribution is -0.166. The second-order valence-corrected chi connectivity index (χ2v) is 13.8. The molecule has 0 saturated carbocycles. The number of fused-ring (bicyclic) bond motifs is 6. The molecule has 2 atom stereocenters. The fourth-order valence-corrected chi connectivity index (χ4v) is 6.41. The summed E-state index contributed by atoms with van der Waals surface area (Å²) >= 11 is 0. The number of nitrogens with zero attached hydrogens (tertiary/aromatic N) is 4. The van der Waals surface area contributed by atoms with Crippen LogP contribution >= 0.6 is 0 Å². The molecule has 2 aromatic carbocycles. The summed E-state index contributed by atoms with van der Waals surface area (Å²) in [4.78, 5) is 20.8. The molecule has 1 saturated heterocycles. The first-order valence-electron chi connectivity index (χ1n) is 16.7. The molecule has 3 aliphatic rings. The molecular formula is C38H45FN4O5. The van der Waals surface area contributed by atoms with Crippen LogP contribution in [0.25, 0.3) is 28.0 Å². The Hall–Kier alpha value is -4.28. The number of halogens is 1. The highest BCUT2D eigenvalue weighted by Crippen LogP contribution is 2.40. The lowest BCUT2D eigenvalue weighted by atomic mass is 9.92. The van der Waals surface area contributed by atoms with Gasteiger partial charge in [0.25, 0.3) is 0 Å². The zero-order valence-corrected chi connectivity index (χ0v) is 28.9. The highest BCUT2D eigenvalue weighted by molar-refractivity contribution is 5.81. The number of hydrogen-bond acceptors (Lipinski definition) is 8. The lowest BCUT2D eigenvalue weighted by Gasteiger charge is -2.41. The Morgan fingerprint density at radius 3 is 2.60 bits per heavy atom. The molecule has 7 rings (SSSR count). The normalized spacial score (nSPS) is 21.2. The summed E-state index contributed by atoms with van der Waals surface area (Å²) in [6.45, 7) is 15.5. The molecule has 3 aliphatic heterocycles. The van der Waals surface area contributed by atoms with Crippen LogP contribution in [0.2, 0.25) is 0 Å². The number of anilines is 1. The monoisotopic (exact) mass is 656 g/mol. The van der Waals surface area contributed by atoms with E-state index in [1.165, 1.54) is 12.1 Å². The van der Waals surface area contributed by atoms with E-state index in [4.69, 9.17) is 29.0 Å². The number of carbonyl (C=O) groups excluding carboxylic acids is 1. The standard InChI is InChI=1S/C38H45FN4O5/c1-8-45-36(44)34(48-37(4,5)6)33-25(3)40-32-23-30-27-13-9-12-26(21-27)29-22-28(39)14-15-31(29)47-24(2)11-10-20-46-38(7)16-18-42(19-17-38)35(33)43(32)41-30/h9-15,21-24,34H,8,16-20H2,1-7H3/b11-10-/t24-,34-/m0/s1. The maximum atomic E-state index is 14.6. The third-order valence-corrected chi connectivity index (χ3v) is 8.82. The first kappa shape index (κ1) is 33.6.